The zero-order chi connectivity index (χ0) is 20.1. The van der Waals surface area contributed by atoms with Gasteiger partial charge in [-0.3, -0.25) is 9.11 Å². The van der Waals surface area contributed by atoms with E-state index in [1.165, 1.54) is 26.4 Å². The van der Waals surface area contributed by atoms with Crippen molar-refractivity contribution in [1.82, 2.24) is 0 Å². The van der Waals surface area contributed by atoms with Gasteiger partial charge in [0.05, 0.1) is 24.0 Å². The molecule has 2 aromatic rings. The van der Waals surface area contributed by atoms with Crippen LogP contribution in [0.5, 0.6) is 23.0 Å². The second kappa shape index (κ2) is 10.3. The van der Waals surface area contributed by atoms with Crippen molar-refractivity contribution in [3.05, 3.63) is 36.4 Å². The minimum atomic E-state index is -4.27. The van der Waals surface area contributed by atoms with Gasteiger partial charge in [0.25, 0.3) is 20.2 Å². The van der Waals surface area contributed by atoms with E-state index in [0.29, 0.717) is 0 Å². The molecule has 0 aromatic heterocycles. The summed E-state index contributed by atoms with van der Waals surface area (Å²) in [7, 11) is -5.86. The minimum absolute atomic E-state index is 0. The van der Waals surface area contributed by atoms with Gasteiger partial charge in [0.15, 0.2) is 23.0 Å². The van der Waals surface area contributed by atoms with Crippen LogP contribution in [0.4, 0.5) is 0 Å². The maximum Gasteiger partial charge on any atom is 0.294 e. The zero-order valence-electron chi connectivity index (χ0n) is 14.2. The molecule has 2 aromatic carbocycles. The molecular weight excluding hydrogens is 432 g/mol. The third-order valence-corrected chi connectivity index (χ3v) is 4.60. The molecule has 2 rings (SSSR count). The Kier molecular flexibility index (Phi) is 9.83. The molecule has 0 heterocycles. The fourth-order valence-corrected chi connectivity index (χ4v) is 2.66. The van der Waals surface area contributed by atoms with Crippen LogP contribution >= 0.6 is 0 Å². The monoisotopic (exact) mass is 448 g/mol. The molecule has 13 heteroatoms. The SMILES string of the molecule is COc1ccc(S(=O)(=O)O)cc1O.COc1ccc(S(=O)(=O)O)cc1O.[Ca]. The number of rotatable bonds is 4. The molecule has 0 saturated carbocycles. The van der Waals surface area contributed by atoms with Gasteiger partial charge in [-0.2, -0.15) is 16.8 Å². The Morgan fingerprint density at radius 2 is 1.00 bits per heavy atom. The van der Waals surface area contributed by atoms with Crippen molar-refractivity contribution in [2.75, 3.05) is 14.2 Å². The number of phenols is 2. The molecule has 4 N–H and O–H groups in total. The molecular formula is C14H16CaO10S2. The molecule has 0 aliphatic carbocycles. The summed E-state index contributed by atoms with van der Waals surface area (Å²) in [4.78, 5) is -0.739. The first kappa shape index (κ1) is 25.7. The first-order chi connectivity index (χ1) is 11.9. The largest absolute Gasteiger partial charge is 0.504 e. The van der Waals surface area contributed by atoms with E-state index < -0.39 is 20.2 Å². The van der Waals surface area contributed by atoms with Crippen molar-refractivity contribution in [1.29, 1.82) is 0 Å². The van der Waals surface area contributed by atoms with E-state index in [9.17, 15) is 16.8 Å². The Morgan fingerprint density at radius 1 is 0.704 bits per heavy atom. The molecule has 10 nitrogen and oxygen atoms in total. The number of benzene rings is 2. The van der Waals surface area contributed by atoms with Crippen LogP contribution in [0.3, 0.4) is 0 Å². The maximum atomic E-state index is 10.6. The molecule has 0 saturated heterocycles. The van der Waals surface area contributed by atoms with Crippen molar-refractivity contribution in [3.8, 4) is 23.0 Å². The molecule has 2 radical (unpaired) electrons. The van der Waals surface area contributed by atoms with Gasteiger partial charge in [-0.15, -0.1) is 0 Å². The van der Waals surface area contributed by atoms with Gasteiger partial charge in [0.2, 0.25) is 0 Å². The fraction of sp³-hybridized carbons (Fsp3) is 0.143. The summed E-state index contributed by atoms with van der Waals surface area (Å²) in [6.45, 7) is 0. The Labute approximate surface area is 185 Å². The van der Waals surface area contributed by atoms with Crippen LogP contribution < -0.4 is 9.47 Å². The summed E-state index contributed by atoms with van der Waals surface area (Å²) in [6.07, 6.45) is 0. The molecule has 0 aliphatic rings. The van der Waals surface area contributed by atoms with Gasteiger partial charge >= 0.3 is 0 Å². The predicted octanol–water partition coefficient (Wildman–Crippen LogP) is 0.914. The van der Waals surface area contributed by atoms with Gasteiger partial charge in [-0.05, 0) is 24.3 Å². The first-order valence-corrected chi connectivity index (χ1v) is 9.47. The summed E-state index contributed by atoms with van der Waals surface area (Å²) >= 11 is 0. The van der Waals surface area contributed by atoms with Crippen LogP contribution in [-0.2, 0) is 20.2 Å². The summed E-state index contributed by atoms with van der Waals surface area (Å²) < 4.78 is 68.9. The van der Waals surface area contributed by atoms with E-state index in [4.69, 9.17) is 19.3 Å². The van der Waals surface area contributed by atoms with Crippen molar-refractivity contribution in [2.24, 2.45) is 0 Å². The molecule has 146 valence electrons. The summed E-state index contributed by atoms with van der Waals surface area (Å²) in [5.74, 6) is -0.380. The second-order valence-corrected chi connectivity index (χ2v) is 7.46. The molecule has 0 atom stereocenters. The topological polar surface area (TPSA) is 168 Å². The standard InChI is InChI=1S/2C7H8O5S.Ca/c2*1-12-7-3-2-5(4-6(7)8)13(9,10)11;/h2*2-4,8H,1H3,(H,9,10,11);. The zero-order valence-corrected chi connectivity index (χ0v) is 18.1. The third kappa shape index (κ3) is 7.70. The van der Waals surface area contributed by atoms with Crippen LogP contribution in [0.25, 0.3) is 0 Å². The van der Waals surface area contributed by atoms with E-state index in [-0.39, 0.29) is 70.5 Å². The van der Waals surface area contributed by atoms with Crippen LogP contribution in [-0.4, -0.2) is 88.1 Å². The summed E-state index contributed by atoms with van der Waals surface area (Å²) in [5, 5.41) is 18.3. The Balaban J connectivity index is 0.000000483. The van der Waals surface area contributed by atoms with Crippen LogP contribution in [0, 0.1) is 0 Å². The Hall–Kier alpha value is -1.28. The first-order valence-electron chi connectivity index (χ1n) is 6.59. The molecule has 0 bridgehead atoms. The van der Waals surface area contributed by atoms with Crippen molar-refractivity contribution < 1.29 is 45.6 Å². The predicted molar refractivity (Wildman–Crippen MR) is 94.7 cm³/mol. The fourth-order valence-electron chi connectivity index (χ4n) is 1.66. The maximum absolute atomic E-state index is 10.6. The average molecular weight is 448 g/mol. The minimum Gasteiger partial charge on any atom is -0.504 e. The van der Waals surface area contributed by atoms with Gasteiger partial charge in [-0.1, -0.05) is 0 Å². The third-order valence-electron chi connectivity index (χ3n) is 2.90. The molecule has 0 aliphatic heterocycles. The molecule has 0 spiro atoms. The van der Waals surface area contributed by atoms with E-state index in [1.54, 1.807) is 0 Å². The number of ether oxygens (including phenoxy) is 2. The van der Waals surface area contributed by atoms with Crippen LogP contribution in [0.2, 0.25) is 0 Å². The molecule has 27 heavy (non-hydrogen) atoms. The molecule has 0 amide bonds. The van der Waals surface area contributed by atoms with Crippen LogP contribution in [0.1, 0.15) is 0 Å². The molecule has 0 unspecified atom stereocenters. The summed E-state index contributed by atoms with van der Waals surface area (Å²) in [5.41, 5.74) is 0. The van der Waals surface area contributed by atoms with E-state index in [0.717, 1.165) is 24.3 Å². The molecule has 0 fully saturated rings. The van der Waals surface area contributed by atoms with Crippen LogP contribution in [0.15, 0.2) is 46.2 Å². The second-order valence-electron chi connectivity index (χ2n) is 4.62. The van der Waals surface area contributed by atoms with Crippen molar-refractivity contribution in [2.45, 2.75) is 9.79 Å². The van der Waals surface area contributed by atoms with Crippen molar-refractivity contribution >= 4 is 58.0 Å². The number of methoxy groups -OCH3 is 2. The van der Waals surface area contributed by atoms with Gasteiger partial charge in [0.1, 0.15) is 0 Å². The van der Waals surface area contributed by atoms with Gasteiger partial charge in [0, 0.05) is 49.9 Å². The van der Waals surface area contributed by atoms with Gasteiger partial charge in [-0.25, -0.2) is 0 Å². The van der Waals surface area contributed by atoms with E-state index in [1.807, 2.05) is 0 Å². The number of hydrogen-bond donors (Lipinski definition) is 4. The van der Waals surface area contributed by atoms with E-state index in [2.05, 4.69) is 9.47 Å². The number of aromatic hydroxyl groups is 2. The Morgan fingerprint density at radius 3 is 1.19 bits per heavy atom. The van der Waals surface area contributed by atoms with Crippen molar-refractivity contribution in [3.63, 3.8) is 0 Å². The van der Waals surface area contributed by atoms with Gasteiger partial charge < -0.3 is 19.7 Å². The number of phenolic OH excluding ortho intramolecular Hbond substituents is 2. The average Bonchev–Trinajstić information content (AvgIpc) is 2.53. The summed E-state index contributed by atoms with van der Waals surface area (Å²) in [6, 6.07) is 6.58. The Bertz CT molecular complexity index is 905. The number of hydrogen-bond acceptors (Lipinski definition) is 8. The normalized spacial score (nSPS) is 10.8. The quantitative estimate of drug-likeness (QED) is 0.390. The van der Waals surface area contributed by atoms with E-state index >= 15 is 0 Å². The smallest absolute Gasteiger partial charge is 0.294 e.